The van der Waals surface area contributed by atoms with Crippen molar-refractivity contribution < 1.29 is 19.6 Å². The van der Waals surface area contributed by atoms with E-state index in [0.29, 0.717) is 0 Å². The minimum Gasteiger partial charge on any atom is -0.480 e. The Labute approximate surface area is 65.9 Å². The van der Waals surface area contributed by atoms with E-state index in [2.05, 4.69) is 0 Å². The molecule has 0 rings (SSSR count). The van der Waals surface area contributed by atoms with Crippen molar-refractivity contribution in [3.05, 3.63) is 0 Å². The largest absolute Gasteiger partial charge is 0.480 e. The first kappa shape index (κ1) is 10.5. The zero-order valence-corrected chi connectivity index (χ0v) is 7.21. The van der Waals surface area contributed by atoms with Crippen molar-refractivity contribution in [3.8, 4) is 0 Å². The maximum Gasteiger partial charge on any atom is 0.326 e. The quantitative estimate of drug-likeness (QED) is 0.592. The topological polar surface area (TPSA) is 77.8 Å². The summed E-state index contributed by atoms with van der Waals surface area (Å²) in [5.74, 6) is -1.20. The molecule has 0 aliphatic rings. The summed E-state index contributed by atoms with van der Waals surface area (Å²) in [5.41, 5.74) is -1.47. The van der Waals surface area contributed by atoms with Gasteiger partial charge in [0.25, 0.3) is 0 Å². The lowest BCUT2D eigenvalue weighted by atomic mass is 10.1. The highest BCUT2D eigenvalue weighted by Crippen LogP contribution is 2.19. The van der Waals surface area contributed by atoms with Crippen LogP contribution in [-0.2, 0) is 9.36 Å². The Balaban J connectivity index is 4.58. The van der Waals surface area contributed by atoms with Gasteiger partial charge < -0.3 is 10.2 Å². The number of nitrogens with zero attached hydrogens (tertiary/aromatic N) is 1. The minimum absolute atomic E-state index is 0.424. The van der Waals surface area contributed by atoms with Gasteiger partial charge in [-0.2, -0.15) is 0 Å². The molecule has 0 aliphatic carbocycles. The van der Waals surface area contributed by atoms with Crippen molar-refractivity contribution in [1.82, 2.24) is 4.67 Å². The van der Waals surface area contributed by atoms with Crippen LogP contribution >= 0.6 is 8.61 Å². The molecule has 0 saturated heterocycles. The fourth-order valence-electron chi connectivity index (χ4n) is 0.398. The number of aliphatic carboxylic acids is 1. The Hall–Kier alpha value is -0.510. The van der Waals surface area contributed by atoms with Crippen LogP contribution in [-0.4, -0.2) is 40.0 Å². The Morgan fingerprint density at radius 2 is 2.18 bits per heavy atom. The highest BCUT2D eigenvalue weighted by atomic mass is 31.1. The molecule has 0 aromatic carbocycles. The summed E-state index contributed by atoms with van der Waals surface area (Å²) in [6.07, 6.45) is 0. The van der Waals surface area contributed by atoms with E-state index < -0.39 is 26.7 Å². The average molecular weight is 179 g/mol. The maximum absolute atomic E-state index is 10.5. The normalized spacial score (nSPS) is 16.7. The van der Waals surface area contributed by atoms with Crippen LogP contribution in [0.3, 0.4) is 0 Å². The van der Waals surface area contributed by atoms with Crippen LogP contribution in [0.25, 0.3) is 0 Å². The lowest BCUT2D eigenvalue weighted by Crippen LogP contribution is -2.49. The molecule has 6 heteroatoms. The van der Waals surface area contributed by atoms with Crippen molar-refractivity contribution in [1.29, 1.82) is 0 Å². The molecule has 0 radical (unpaired) electrons. The predicted octanol–water partition coefficient (Wildman–Crippen LogP) is -0.0395. The van der Waals surface area contributed by atoms with Crippen LogP contribution in [0.4, 0.5) is 0 Å². The third-order valence-electron chi connectivity index (χ3n) is 1.61. The SMILES string of the molecule is CN(P=O)C(C)(CO)C(=O)O. The fourth-order valence-corrected chi connectivity index (χ4v) is 0.727. The smallest absolute Gasteiger partial charge is 0.326 e. The Bertz CT molecular complexity index is 174. The minimum atomic E-state index is -1.47. The lowest BCUT2D eigenvalue weighted by Gasteiger charge is -2.26. The highest BCUT2D eigenvalue weighted by Gasteiger charge is 2.37. The van der Waals surface area contributed by atoms with Gasteiger partial charge in [-0.3, -0.25) is 9.36 Å². The summed E-state index contributed by atoms with van der Waals surface area (Å²) in [6.45, 7) is 0.717. The second-order valence-electron chi connectivity index (χ2n) is 2.34. The number of aliphatic hydroxyl groups is 1. The van der Waals surface area contributed by atoms with E-state index in [1.807, 2.05) is 0 Å². The van der Waals surface area contributed by atoms with Crippen LogP contribution in [0.2, 0.25) is 0 Å². The highest BCUT2D eigenvalue weighted by molar-refractivity contribution is 7.20. The molecule has 11 heavy (non-hydrogen) atoms. The number of carbonyl (C=O) groups is 1. The van der Waals surface area contributed by atoms with Crippen LogP contribution in [0, 0.1) is 0 Å². The number of likely N-dealkylation sites (N-methyl/N-ethyl adjacent to an activating group) is 1. The molecule has 64 valence electrons. The van der Waals surface area contributed by atoms with E-state index in [4.69, 9.17) is 10.2 Å². The van der Waals surface area contributed by atoms with Gasteiger partial charge >= 0.3 is 5.97 Å². The Morgan fingerprint density at radius 3 is 2.27 bits per heavy atom. The number of carboxylic acids is 1. The van der Waals surface area contributed by atoms with Crippen molar-refractivity contribution in [2.75, 3.05) is 13.7 Å². The third-order valence-corrected chi connectivity index (χ3v) is 2.29. The molecular formula is C5H10NO4P. The molecule has 2 N–H and O–H groups in total. The summed E-state index contributed by atoms with van der Waals surface area (Å²) in [5, 5.41) is 17.3. The van der Waals surface area contributed by atoms with E-state index in [1.165, 1.54) is 14.0 Å². The van der Waals surface area contributed by atoms with Gasteiger partial charge in [0.05, 0.1) is 6.61 Å². The second-order valence-corrected chi connectivity index (χ2v) is 3.11. The predicted molar refractivity (Wildman–Crippen MR) is 38.5 cm³/mol. The van der Waals surface area contributed by atoms with Gasteiger partial charge in [0.1, 0.15) is 5.54 Å². The van der Waals surface area contributed by atoms with E-state index in [0.717, 1.165) is 4.67 Å². The summed E-state index contributed by atoms with van der Waals surface area (Å²) in [7, 11) is 0.922. The van der Waals surface area contributed by atoms with E-state index in [1.54, 1.807) is 0 Å². The molecule has 0 saturated carbocycles. The zero-order chi connectivity index (χ0) is 9.07. The molecular weight excluding hydrogens is 169 g/mol. The molecule has 1 unspecified atom stereocenters. The third kappa shape index (κ3) is 1.96. The molecule has 0 aromatic heterocycles. The lowest BCUT2D eigenvalue weighted by molar-refractivity contribution is -0.148. The van der Waals surface area contributed by atoms with E-state index >= 15 is 0 Å². The summed E-state index contributed by atoms with van der Waals surface area (Å²) in [4.78, 5) is 10.5. The van der Waals surface area contributed by atoms with Crippen LogP contribution in [0.5, 0.6) is 0 Å². The van der Waals surface area contributed by atoms with Gasteiger partial charge in [0, 0.05) is 0 Å². The molecule has 5 nitrogen and oxygen atoms in total. The number of rotatable bonds is 4. The van der Waals surface area contributed by atoms with Crippen LogP contribution < -0.4 is 0 Å². The first-order chi connectivity index (χ1) is 4.99. The van der Waals surface area contributed by atoms with Crippen LogP contribution in [0.1, 0.15) is 6.92 Å². The molecule has 0 spiro atoms. The number of hydrogen-bond donors (Lipinski definition) is 2. The van der Waals surface area contributed by atoms with Crippen molar-refractivity contribution >= 4 is 14.6 Å². The first-order valence-corrected chi connectivity index (χ1v) is 3.67. The van der Waals surface area contributed by atoms with Gasteiger partial charge in [-0.05, 0) is 14.0 Å². The fraction of sp³-hybridized carbons (Fsp3) is 0.800. The molecule has 1 atom stereocenters. The summed E-state index contributed by atoms with van der Waals surface area (Å²) >= 11 is 0. The van der Waals surface area contributed by atoms with Gasteiger partial charge in [-0.25, -0.2) is 4.67 Å². The van der Waals surface area contributed by atoms with Crippen molar-refractivity contribution in [2.45, 2.75) is 12.5 Å². The van der Waals surface area contributed by atoms with Crippen molar-refractivity contribution in [3.63, 3.8) is 0 Å². The number of aliphatic hydroxyl groups excluding tert-OH is 1. The summed E-state index contributed by atoms with van der Waals surface area (Å²) in [6, 6.07) is 0. The molecule has 0 fully saturated rings. The molecule has 0 aliphatic heterocycles. The monoisotopic (exact) mass is 179 g/mol. The second kappa shape index (κ2) is 3.76. The molecule has 0 amide bonds. The average Bonchev–Trinajstić information content (AvgIpc) is 2.01. The van der Waals surface area contributed by atoms with E-state index in [9.17, 15) is 9.36 Å². The maximum atomic E-state index is 10.5. The van der Waals surface area contributed by atoms with E-state index in [-0.39, 0.29) is 0 Å². The van der Waals surface area contributed by atoms with Gasteiger partial charge in [-0.15, -0.1) is 0 Å². The van der Waals surface area contributed by atoms with Gasteiger partial charge in [0.15, 0.2) is 0 Å². The summed E-state index contributed by atoms with van der Waals surface area (Å²) < 4.78 is 11.3. The molecule has 0 heterocycles. The first-order valence-electron chi connectivity index (χ1n) is 2.90. The van der Waals surface area contributed by atoms with Crippen molar-refractivity contribution in [2.24, 2.45) is 0 Å². The standard InChI is InChI=1S/C5H10NO4P/c1-5(3-7,4(8)9)6(2)11-10/h7H,3H2,1-2H3,(H,8,9). The Morgan fingerprint density at radius 1 is 1.73 bits per heavy atom. The molecule has 0 bridgehead atoms. The zero-order valence-electron chi connectivity index (χ0n) is 6.31. The van der Waals surface area contributed by atoms with Gasteiger partial charge in [0.2, 0.25) is 8.61 Å². The van der Waals surface area contributed by atoms with Crippen LogP contribution in [0.15, 0.2) is 0 Å². The number of hydrogen-bond acceptors (Lipinski definition) is 3. The number of carboxylic acid groups (broad SMARTS) is 1. The Kier molecular flexibility index (Phi) is 3.58. The van der Waals surface area contributed by atoms with Gasteiger partial charge in [-0.1, -0.05) is 0 Å². The molecule has 0 aromatic rings.